The highest BCUT2D eigenvalue weighted by Crippen LogP contribution is 2.32. The molecule has 1 heterocycles. The zero-order chi connectivity index (χ0) is 10.2. The number of hydrogen-bond donors (Lipinski definition) is 0. The van der Waals surface area contributed by atoms with Crippen LogP contribution in [0.2, 0.25) is 0 Å². The first-order valence-corrected chi connectivity index (χ1v) is 4.94. The standard InChI is InChI=1S/C10H21FN2/c1-8(11)13-7-9(6-12(13)5)10(2,3)4/h8-9H,6-7H2,1-5H3. The molecular formula is C10H21FN2. The Bertz CT molecular complexity index is 174. The van der Waals surface area contributed by atoms with Gasteiger partial charge in [-0.25, -0.2) is 14.4 Å². The van der Waals surface area contributed by atoms with E-state index in [2.05, 4.69) is 20.8 Å². The Kier molecular flexibility index (Phi) is 2.98. The summed E-state index contributed by atoms with van der Waals surface area (Å²) in [5, 5.41) is 3.80. The van der Waals surface area contributed by atoms with Crippen LogP contribution in [-0.4, -0.2) is 36.5 Å². The van der Waals surface area contributed by atoms with Gasteiger partial charge < -0.3 is 0 Å². The highest BCUT2D eigenvalue weighted by molar-refractivity contribution is 4.83. The number of nitrogens with zero attached hydrogens (tertiary/aromatic N) is 2. The van der Waals surface area contributed by atoms with Gasteiger partial charge in [-0.15, -0.1) is 0 Å². The molecule has 0 N–H and O–H groups in total. The minimum absolute atomic E-state index is 0.276. The van der Waals surface area contributed by atoms with Crippen LogP contribution in [0, 0.1) is 11.3 Å². The molecule has 0 spiro atoms. The molecule has 2 atom stereocenters. The molecule has 1 fully saturated rings. The molecule has 0 aliphatic carbocycles. The van der Waals surface area contributed by atoms with E-state index in [0.717, 1.165) is 13.1 Å². The number of rotatable bonds is 1. The van der Waals surface area contributed by atoms with E-state index in [0.29, 0.717) is 5.92 Å². The lowest BCUT2D eigenvalue weighted by atomic mass is 9.81. The van der Waals surface area contributed by atoms with Crippen LogP contribution >= 0.6 is 0 Å². The van der Waals surface area contributed by atoms with Crippen molar-refractivity contribution in [2.24, 2.45) is 11.3 Å². The normalized spacial score (nSPS) is 29.5. The van der Waals surface area contributed by atoms with Crippen LogP contribution in [-0.2, 0) is 0 Å². The number of alkyl halides is 1. The van der Waals surface area contributed by atoms with Gasteiger partial charge in [-0.3, -0.25) is 0 Å². The predicted octanol–water partition coefficient (Wildman–Crippen LogP) is 2.13. The van der Waals surface area contributed by atoms with E-state index < -0.39 is 6.30 Å². The van der Waals surface area contributed by atoms with E-state index >= 15 is 0 Å². The zero-order valence-electron chi connectivity index (χ0n) is 9.34. The lowest BCUT2D eigenvalue weighted by molar-refractivity contribution is -0.0408. The summed E-state index contributed by atoms with van der Waals surface area (Å²) >= 11 is 0. The highest BCUT2D eigenvalue weighted by Gasteiger charge is 2.36. The van der Waals surface area contributed by atoms with E-state index in [1.807, 2.05) is 12.1 Å². The van der Waals surface area contributed by atoms with Crippen molar-refractivity contribution in [2.75, 3.05) is 20.1 Å². The highest BCUT2D eigenvalue weighted by atomic mass is 19.1. The topological polar surface area (TPSA) is 6.48 Å². The van der Waals surface area contributed by atoms with Crippen LogP contribution in [0.1, 0.15) is 27.7 Å². The van der Waals surface area contributed by atoms with Crippen molar-refractivity contribution in [2.45, 2.75) is 34.0 Å². The van der Waals surface area contributed by atoms with Gasteiger partial charge in [0.15, 0.2) is 6.30 Å². The first kappa shape index (κ1) is 10.9. The fraction of sp³-hybridized carbons (Fsp3) is 1.00. The van der Waals surface area contributed by atoms with Gasteiger partial charge in [0.1, 0.15) is 0 Å². The van der Waals surface area contributed by atoms with Crippen molar-refractivity contribution in [1.29, 1.82) is 0 Å². The van der Waals surface area contributed by atoms with Crippen molar-refractivity contribution >= 4 is 0 Å². The van der Waals surface area contributed by atoms with Crippen LogP contribution in [0.5, 0.6) is 0 Å². The lowest BCUT2D eigenvalue weighted by Crippen LogP contribution is -2.37. The van der Waals surface area contributed by atoms with E-state index in [1.165, 1.54) is 0 Å². The summed E-state index contributed by atoms with van der Waals surface area (Å²) in [7, 11) is 1.96. The second-order valence-electron chi connectivity index (χ2n) is 5.10. The molecule has 2 unspecified atom stereocenters. The van der Waals surface area contributed by atoms with E-state index in [4.69, 9.17) is 0 Å². The minimum Gasteiger partial charge on any atom is -0.242 e. The van der Waals surface area contributed by atoms with Crippen molar-refractivity contribution in [3.63, 3.8) is 0 Å². The van der Waals surface area contributed by atoms with Gasteiger partial charge in [-0.2, -0.15) is 0 Å². The monoisotopic (exact) mass is 188 g/mol. The SMILES string of the molecule is CC(F)N1CC(C(C)(C)C)CN1C. The molecule has 13 heavy (non-hydrogen) atoms. The average Bonchev–Trinajstić information content (AvgIpc) is 2.29. The molecule has 0 bridgehead atoms. The van der Waals surface area contributed by atoms with Crippen molar-refractivity contribution < 1.29 is 4.39 Å². The maximum atomic E-state index is 13.1. The summed E-state index contributed by atoms with van der Waals surface area (Å²) in [5.74, 6) is 0.565. The largest absolute Gasteiger partial charge is 0.242 e. The van der Waals surface area contributed by atoms with Crippen LogP contribution in [0.15, 0.2) is 0 Å². The molecule has 0 aromatic rings. The third kappa shape index (κ3) is 2.41. The Hall–Kier alpha value is -0.150. The maximum Gasteiger partial charge on any atom is 0.163 e. The Morgan fingerprint density at radius 3 is 2.08 bits per heavy atom. The molecule has 1 aliphatic heterocycles. The second kappa shape index (κ2) is 3.54. The number of hydrogen-bond acceptors (Lipinski definition) is 2. The van der Waals surface area contributed by atoms with Gasteiger partial charge in [0.25, 0.3) is 0 Å². The molecule has 0 aromatic heterocycles. The molecule has 1 aliphatic rings. The summed E-state index contributed by atoms with van der Waals surface area (Å²) in [5.41, 5.74) is 0.276. The molecule has 2 nitrogen and oxygen atoms in total. The van der Waals surface area contributed by atoms with Gasteiger partial charge in [-0.05, 0) is 18.3 Å². The molecule has 0 saturated carbocycles. The van der Waals surface area contributed by atoms with Gasteiger partial charge in [0, 0.05) is 20.1 Å². The Morgan fingerprint density at radius 2 is 1.85 bits per heavy atom. The number of hydrazine groups is 1. The van der Waals surface area contributed by atoms with Crippen LogP contribution in [0.4, 0.5) is 4.39 Å². The molecule has 0 amide bonds. The molecule has 1 rings (SSSR count). The van der Waals surface area contributed by atoms with Crippen molar-refractivity contribution in [3.8, 4) is 0 Å². The van der Waals surface area contributed by atoms with Gasteiger partial charge >= 0.3 is 0 Å². The Labute approximate surface area is 80.7 Å². The van der Waals surface area contributed by atoms with Crippen LogP contribution in [0.25, 0.3) is 0 Å². The van der Waals surface area contributed by atoms with E-state index in [1.54, 1.807) is 11.9 Å². The minimum atomic E-state index is -0.864. The molecular weight excluding hydrogens is 167 g/mol. The summed E-state index contributed by atoms with van der Waals surface area (Å²) in [4.78, 5) is 0. The first-order valence-electron chi connectivity index (χ1n) is 4.94. The van der Waals surface area contributed by atoms with Crippen molar-refractivity contribution in [1.82, 2.24) is 10.0 Å². The fourth-order valence-electron chi connectivity index (χ4n) is 1.81. The molecule has 3 heteroatoms. The summed E-state index contributed by atoms with van der Waals surface area (Å²) in [6, 6.07) is 0. The van der Waals surface area contributed by atoms with Gasteiger partial charge in [-0.1, -0.05) is 20.8 Å². The maximum absolute atomic E-state index is 13.1. The summed E-state index contributed by atoms with van der Waals surface area (Å²) < 4.78 is 13.1. The van der Waals surface area contributed by atoms with Gasteiger partial charge in [0.05, 0.1) is 0 Å². The predicted molar refractivity (Wildman–Crippen MR) is 52.9 cm³/mol. The van der Waals surface area contributed by atoms with Crippen molar-refractivity contribution in [3.05, 3.63) is 0 Å². The first-order chi connectivity index (χ1) is 5.82. The molecule has 0 aromatic carbocycles. The molecule has 0 radical (unpaired) electrons. The molecule has 1 saturated heterocycles. The van der Waals surface area contributed by atoms with Crippen LogP contribution in [0.3, 0.4) is 0 Å². The fourth-order valence-corrected chi connectivity index (χ4v) is 1.81. The Morgan fingerprint density at radius 1 is 1.31 bits per heavy atom. The van der Waals surface area contributed by atoms with E-state index in [-0.39, 0.29) is 5.41 Å². The van der Waals surface area contributed by atoms with Gasteiger partial charge in [0.2, 0.25) is 0 Å². The number of halogens is 1. The zero-order valence-corrected chi connectivity index (χ0v) is 9.34. The van der Waals surface area contributed by atoms with Crippen LogP contribution < -0.4 is 0 Å². The summed E-state index contributed by atoms with van der Waals surface area (Å²) in [6.45, 7) is 10.1. The average molecular weight is 188 g/mol. The molecule has 78 valence electrons. The Balaban J connectivity index is 2.60. The third-order valence-electron chi connectivity index (χ3n) is 2.97. The quantitative estimate of drug-likeness (QED) is 0.582. The second-order valence-corrected chi connectivity index (χ2v) is 5.10. The smallest absolute Gasteiger partial charge is 0.163 e. The van der Waals surface area contributed by atoms with E-state index in [9.17, 15) is 4.39 Å². The lowest BCUT2D eigenvalue weighted by Gasteiger charge is -2.26. The summed E-state index contributed by atoms with van der Waals surface area (Å²) in [6.07, 6.45) is -0.864. The third-order valence-corrected chi connectivity index (χ3v) is 2.97.